The molecule has 0 saturated heterocycles. The molecule has 1 aromatic heterocycles. The molecule has 7 nitrogen and oxygen atoms in total. The normalized spacial score (nSPS) is 10.1. The zero-order chi connectivity index (χ0) is 12.0. The van der Waals surface area contributed by atoms with Gasteiger partial charge in [-0.3, -0.25) is 10.1 Å². The third kappa shape index (κ3) is 3.14. The first-order valence-corrected chi connectivity index (χ1v) is 4.76. The molecule has 0 radical (unpaired) electrons. The van der Waals surface area contributed by atoms with Crippen LogP contribution in [0.4, 0.5) is 11.5 Å². The second-order valence-electron chi connectivity index (χ2n) is 3.06. The Balaban J connectivity index is 2.90. The van der Waals surface area contributed by atoms with Crippen molar-refractivity contribution in [3.63, 3.8) is 0 Å². The fraction of sp³-hybridized carbons (Fsp3) is 0.444. The van der Waals surface area contributed by atoms with E-state index in [4.69, 9.17) is 10.2 Å². The SMILES string of the molecule is O=[N+]([O-])c1ccnc(N(CCO)CCO)c1. The van der Waals surface area contributed by atoms with Gasteiger partial charge in [-0.2, -0.15) is 0 Å². The Kier molecular flexibility index (Phi) is 4.62. The summed E-state index contributed by atoms with van der Waals surface area (Å²) in [5, 5.41) is 28.2. The molecule has 0 amide bonds. The largest absolute Gasteiger partial charge is 0.395 e. The third-order valence-corrected chi connectivity index (χ3v) is 2.00. The van der Waals surface area contributed by atoms with Gasteiger partial charge >= 0.3 is 0 Å². The molecule has 0 bridgehead atoms. The minimum atomic E-state index is -0.513. The van der Waals surface area contributed by atoms with Gasteiger partial charge in [0.05, 0.1) is 24.2 Å². The van der Waals surface area contributed by atoms with E-state index in [2.05, 4.69) is 4.98 Å². The van der Waals surface area contributed by atoms with Crippen LogP contribution in [0.25, 0.3) is 0 Å². The Morgan fingerprint density at radius 1 is 1.38 bits per heavy atom. The van der Waals surface area contributed by atoms with Crippen molar-refractivity contribution in [3.8, 4) is 0 Å². The third-order valence-electron chi connectivity index (χ3n) is 2.00. The van der Waals surface area contributed by atoms with E-state index in [1.807, 2.05) is 0 Å². The van der Waals surface area contributed by atoms with Crippen molar-refractivity contribution in [1.82, 2.24) is 4.98 Å². The number of anilines is 1. The Labute approximate surface area is 92.1 Å². The maximum absolute atomic E-state index is 10.6. The van der Waals surface area contributed by atoms with Crippen molar-refractivity contribution in [2.24, 2.45) is 0 Å². The molecule has 0 aliphatic carbocycles. The lowest BCUT2D eigenvalue weighted by atomic mass is 10.3. The highest BCUT2D eigenvalue weighted by molar-refractivity contribution is 5.46. The molecule has 1 aromatic rings. The van der Waals surface area contributed by atoms with Gasteiger partial charge in [0.25, 0.3) is 5.69 Å². The van der Waals surface area contributed by atoms with Gasteiger partial charge in [-0.25, -0.2) is 4.98 Å². The summed E-state index contributed by atoms with van der Waals surface area (Å²) in [5.74, 6) is 0.373. The highest BCUT2D eigenvalue weighted by Gasteiger charge is 2.11. The topological polar surface area (TPSA) is 99.7 Å². The van der Waals surface area contributed by atoms with Gasteiger partial charge in [-0.15, -0.1) is 0 Å². The fourth-order valence-electron chi connectivity index (χ4n) is 1.28. The van der Waals surface area contributed by atoms with E-state index >= 15 is 0 Å². The Hall–Kier alpha value is -1.73. The maximum Gasteiger partial charge on any atom is 0.274 e. The molecule has 88 valence electrons. The molecule has 0 fully saturated rings. The summed E-state index contributed by atoms with van der Waals surface area (Å²) in [6.07, 6.45) is 1.33. The first-order valence-electron chi connectivity index (χ1n) is 4.76. The average molecular weight is 227 g/mol. The summed E-state index contributed by atoms with van der Waals surface area (Å²) in [5.41, 5.74) is -0.0640. The number of aliphatic hydroxyl groups excluding tert-OH is 2. The van der Waals surface area contributed by atoms with Crippen molar-refractivity contribution < 1.29 is 15.1 Å². The van der Waals surface area contributed by atoms with Crippen molar-refractivity contribution in [2.75, 3.05) is 31.2 Å². The number of hydrogen-bond acceptors (Lipinski definition) is 6. The second-order valence-corrected chi connectivity index (χ2v) is 3.06. The molecule has 0 aliphatic rings. The quantitative estimate of drug-likeness (QED) is 0.515. The molecule has 1 heterocycles. The van der Waals surface area contributed by atoms with E-state index in [-0.39, 0.29) is 32.0 Å². The van der Waals surface area contributed by atoms with Crippen LogP contribution in [0.3, 0.4) is 0 Å². The van der Waals surface area contributed by atoms with Gasteiger partial charge in [-0.05, 0) is 0 Å². The molecule has 2 N–H and O–H groups in total. The molecule has 0 unspecified atom stereocenters. The fourth-order valence-corrected chi connectivity index (χ4v) is 1.28. The molecule has 0 atom stereocenters. The average Bonchev–Trinajstić information content (AvgIpc) is 2.29. The van der Waals surface area contributed by atoms with Crippen LogP contribution in [0.5, 0.6) is 0 Å². The lowest BCUT2D eigenvalue weighted by Crippen LogP contribution is -2.30. The number of aliphatic hydroxyl groups is 2. The number of hydrogen-bond donors (Lipinski definition) is 2. The number of aromatic nitrogens is 1. The lowest BCUT2D eigenvalue weighted by molar-refractivity contribution is -0.384. The van der Waals surface area contributed by atoms with Gasteiger partial charge in [0.2, 0.25) is 0 Å². The molecular weight excluding hydrogens is 214 g/mol. The van der Waals surface area contributed by atoms with Gasteiger partial charge in [0.1, 0.15) is 5.82 Å². The minimum absolute atomic E-state index is 0.0640. The molecule has 16 heavy (non-hydrogen) atoms. The van der Waals surface area contributed by atoms with Crippen LogP contribution < -0.4 is 4.90 Å². The van der Waals surface area contributed by atoms with Crippen molar-refractivity contribution in [1.29, 1.82) is 0 Å². The summed E-state index contributed by atoms with van der Waals surface area (Å²) in [6.45, 7) is 0.332. The van der Waals surface area contributed by atoms with E-state index in [1.54, 1.807) is 4.90 Å². The molecule has 0 aromatic carbocycles. The van der Waals surface area contributed by atoms with Gasteiger partial charge in [-0.1, -0.05) is 0 Å². The summed E-state index contributed by atoms with van der Waals surface area (Å²) in [6, 6.07) is 2.60. The zero-order valence-corrected chi connectivity index (χ0v) is 8.61. The van der Waals surface area contributed by atoms with Gasteiger partial charge in [0.15, 0.2) is 0 Å². The van der Waals surface area contributed by atoms with Crippen LogP contribution in [0.15, 0.2) is 18.3 Å². The maximum atomic E-state index is 10.6. The van der Waals surface area contributed by atoms with Gasteiger partial charge < -0.3 is 15.1 Å². The van der Waals surface area contributed by atoms with Crippen LogP contribution in [-0.4, -0.2) is 46.4 Å². The Bertz CT molecular complexity index is 352. The van der Waals surface area contributed by atoms with E-state index < -0.39 is 4.92 Å². The Morgan fingerprint density at radius 2 is 2.00 bits per heavy atom. The first kappa shape index (κ1) is 12.3. The molecule has 1 rings (SSSR count). The summed E-state index contributed by atoms with van der Waals surface area (Å²) in [7, 11) is 0. The van der Waals surface area contributed by atoms with E-state index in [0.717, 1.165) is 0 Å². The van der Waals surface area contributed by atoms with Crippen LogP contribution in [0, 0.1) is 10.1 Å². The van der Waals surface area contributed by atoms with Crippen LogP contribution >= 0.6 is 0 Å². The van der Waals surface area contributed by atoms with Crippen LogP contribution in [-0.2, 0) is 0 Å². The van der Waals surface area contributed by atoms with Crippen LogP contribution in [0.1, 0.15) is 0 Å². The van der Waals surface area contributed by atoms with Crippen molar-refractivity contribution in [3.05, 3.63) is 28.4 Å². The molecule has 0 spiro atoms. The lowest BCUT2D eigenvalue weighted by Gasteiger charge is -2.21. The van der Waals surface area contributed by atoms with Crippen molar-refractivity contribution >= 4 is 11.5 Å². The summed E-state index contributed by atoms with van der Waals surface area (Å²) >= 11 is 0. The number of rotatable bonds is 6. The number of pyridine rings is 1. The van der Waals surface area contributed by atoms with E-state index in [9.17, 15) is 10.1 Å². The standard InChI is InChI=1S/C9H13N3O4/c13-5-3-11(4-6-14)9-7-8(12(15)16)1-2-10-9/h1-2,7,13-14H,3-6H2. The zero-order valence-electron chi connectivity index (χ0n) is 8.61. The highest BCUT2D eigenvalue weighted by atomic mass is 16.6. The minimum Gasteiger partial charge on any atom is -0.395 e. The summed E-state index contributed by atoms with van der Waals surface area (Å²) < 4.78 is 0. The van der Waals surface area contributed by atoms with Crippen LogP contribution in [0.2, 0.25) is 0 Å². The van der Waals surface area contributed by atoms with E-state index in [1.165, 1.54) is 18.3 Å². The predicted molar refractivity (Wildman–Crippen MR) is 57.3 cm³/mol. The first-order chi connectivity index (χ1) is 7.69. The summed E-state index contributed by atoms with van der Waals surface area (Å²) in [4.78, 5) is 15.6. The van der Waals surface area contributed by atoms with Crippen molar-refractivity contribution in [2.45, 2.75) is 0 Å². The van der Waals surface area contributed by atoms with E-state index in [0.29, 0.717) is 5.82 Å². The monoisotopic (exact) mass is 227 g/mol. The number of nitro groups is 1. The smallest absolute Gasteiger partial charge is 0.274 e. The molecule has 0 saturated carbocycles. The molecular formula is C9H13N3O4. The molecule has 7 heteroatoms. The molecule has 0 aliphatic heterocycles. The van der Waals surface area contributed by atoms with Gasteiger partial charge in [0, 0.05) is 25.4 Å². The number of nitrogens with zero attached hydrogens (tertiary/aromatic N) is 3. The highest BCUT2D eigenvalue weighted by Crippen LogP contribution is 2.17. The predicted octanol–water partition coefficient (Wildman–Crippen LogP) is -0.219. The second kappa shape index (κ2) is 5.99. The Morgan fingerprint density at radius 3 is 2.50 bits per heavy atom.